The molecule has 0 saturated carbocycles. The third-order valence-corrected chi connectivity index (χ3v) is 7.32. The van der Waals surface area contributed by atoms with Crippen LogP contribution in [0.15, 0.2) is 78.9 Å². The van der Waals surface area contributed by atoms with Crippen LogP contribution in [-0.4, -0.2) is 68.1 Å². The maximum Gasteiger partial charge on any atom is 0.253 e. The number of ether oxygens (including phenoxy) is 1. The van der Waals surface area contributed by atoms with E-state index < -0.39 is 0 Å². The lowest BCUT2D eigenvalue weighted by Gasteiger charge is -2.36. The lowest BCUT2D eigenvalue weighted by atomic mass is 10.0. The molecule has 0 radical (unpaired) electrons. The number of carbonyl (C=O) groups excluding carboxylic acids is 1. The first-order valence-corrected chi connectivity index (χ1v) is 13.4. The zero-order valence-corrected chi connectivity index (χ0v) is 21.1. The summed E-state index contributed by atoms with van der Waals surface area (Å²) in [7, 11) is 0. The number of hydrogen-bond donors (Lipinski definition) is 0. The largest absolute Gasteiger partial charge is 0.494 e. The highest BCUT2D eigenvalue weighted by Crippen LogP contribution is 2.23. The van der Waals surface area contributed by atoms with E-state index in [1.165, 1.54) is 38.0 Å². The summed E-state index contributed by atoms with van der Waals surface area (Å²) in [6, 6.07) is 26.6. The molecule has 0 N–H and O–H groups in total. The highest BCUT2D eigenvalue weighted by Gasteiger charge is 2.22. The van der Waals surface area contributed by atoms with Crippen LogP contribution in [0, 0.1) is 0 Å². The van der Waals surface area contributed by atoms with Gasteiger partial charge in [-0.25, -0.2) is 0 Å². The molecule has 5 nitrogen and oxygen atoms in total. The number of amides is 1. The summed E-state index contributed by atoms with van der Waals surface area (Å²) in [6.07, 6.45) is 5.14. The van der Waals surface area contributed by atoms with Crippen molar-refractivity contribution in [2.75, 3.05) is 57.3 Å². The second-order valence-electron chi connectivity index (χ2n) is 9.82. The highest BCUT2D eigenvalue weighted by atomic mass is 16.5. The van der Waals surface area contributed by atoms with Crippen LogP contribution in [0.3, 0.4) is 0 Å². The lowest BCUT2D eigenvalue weighted by molar-refractivity contribution is 0.0747. The fraction of sp³-hybridized carbons (Fsp3) is 0.387. The summed E-state index contributed by atoms with van der Waals surface area (Å²) < 4.78 is 5.98. The van der Waals surface area contributed by atoms with Crippen LogP contribution < -0.4 is 9.64 Å². The Balaban J connectivity index is 1.09. The standard InChI is InChI=1S/C31H37N3O2/c35-31(28-12-7-11-27(25-28)26-9-3-1-4-10-26)34-22-20-33(21-23-34)29-13-15-30(16-14-29)36-24-8-19-32-17-5-2-6-18-32/h1,3-4,7,9-16,25H,2,5-6,8,17-24H2. The molecule has 2 aliphatic rings. The lowest BCUT2D eigenvalue weighted by Crippen LogP contribution is -2.48. The molecule has 2 fully saturated rings. The molecule has 2 saturated heterocycles. The van der Waals surface area contributed by atoms with Crippen LogP contribution in [0.1, 0.15) is 36.0 Å². The summed E-state index contributed by atoms with van der Waals surface area (Å²) in [6.45, 7) is 7.51. The van der Waals surface area contributed by atoms with Gasteiger partial charge in [0.2, 0.25) is 0 Å². The molecule has 0 bridgehead atoms. The van der Waals surface area contributed by atoms with Gasteiger partial charge in [0.05, 0.1) is 6.61 Å². The van der Waals surface area contributed by atoms with Crippen LogP contribution >= 0.6 is 0 Å². The minimum absolute atomic E-state index is 0.112. The minimum atomic E-state index is 0.112. The van der Waals surface area contributed by atoms with Crippen molar-refractivity contribution in [2.24, 2.45) is 0 Å². The predicted molar refractivity (Wildman–Crippen MR) is 147 cm³/mol. The van der Waals surface area contributed by atoms with E-state index in [1.54, 1.807) is 0 Å². The van der Waals surface area contributed by atoms with Crippen LogP contribution in [0.4, 0.5) is 5.69 Å². The van der Waals surface area contributed by atoms with Crippen molar-refractivity contribution < 1.29 is 9.53 Å². The van der Waals surface area contributed by atoms with Crippen LogP contribution in [-0.2, 0) is 0 Å². The molecule has 3 aromatic rings. The first-order chi connectivity index (χ1) is 17.8. The Bertz CT molecular complexity index is 1100. The summed E-state index contributed by atoms with van der Waals surface area (Å²) >= 11 is 0. The number of piperidine rings is 1. The van der Waals surface area contributed by atoms with Gasteiger partial charge in [-0.3, -0.25) is 4.79 Å². The molecule has 2 aliphatic heterocycles. The normalized spacial score (nSPS) is 16.7. The monoisotopic (exact) mass is 483 g/mol. The Morgan fingerprint density at radius 2 is 1.44 bits per heavy atom. The molecule has 36 heavy (non-hydrogen) atoms. The van der Waals surface area contributed by atoms with E-state index in [-0.39, 0.29) is 5.91 Å². The van der Waals surface area contributed by atoms with Gasteiger partial charge in [-0.2, -0.15) is 0 Å². The molecule has 0 atom stereocenters. The second kappa shape index (κ2) is 12.1. The number of hydrogen-bond acceptors (Lipinski definition) is 4. The third kappa shape index (κ3) is 6.27. The second-order valence-corrected chi connectivity index (χ2v) is 9.82. The van der Waals surface area contributed by atoms with Gasteiger partial charge in [0.1, 0.15) is 5.75 Å². The quantitative estimate of drug-likeness (QED) is 0.393. The topological polar surface area (TPSA) is 36.0 Å². The van der Waals surface area contributed by atoms with Crippen molar-refractivity contribution in [2.45, 2.75) is 25.7 Å². The van der Waals surface area contributed by atoms with Crippen LogP contribution in [0.25, 0.3) is 11.1 Å². The average molecular weight is 484 g/mol. The molecule has 5 heteroatoms. The van der Waals surface area contributed by atoms with Gasteiger partial charge in [0.15, 0.2) is 0 Å². The van der Waals surface area contributed by atoms with Crippen molar-refractivity contribution in [1.82, 2.24) is 9.80 Å². The van der Waals surface area contributed by atoms with E-state index in [2.05, 4.69) is 52.3 Å². The molecule has 0 unspecified atom stereocenters. The van der Waals surface area contributed by atoms with Crippen molar-refractivity contribution in [3.63, 3.8) is 0 Å². The number of anilines is 1. The van der Waals surface area contributed by atoms with Gasteiger partial charge < -0.3 is 19.4 Å². The van der Waals surface area contributed by atoms with Crippen molar-refractivity contribution >= 4 is 11.6 Å². The van der Waals surface area contributed by atoms with E-state index in [9.17, 15) is 4.79 Å². The Morgan fingerprint density at radius 1 is 0.722 bits per heavy atom. The van der Waals surface area contributed by atoms with E-state index >= 15 is 0 Å². The number of rotatable bonds is 8. The molecule has 0 aliphatic carbocycles. The SMILES string of the molecule is O=C(c1cccc(-c2ccccc2)c1)N1CCN(c2ccc(OCCCN3CCCCC3)cc2)CC1. The number of piperazine rings is 1. The maximum atomic E-state index is 13.2. The van der Waals surface area contributed by atoms with Gasteiger partial charge in [-0.1, -0.05) is 48.9 Å². The van der Waals surface area contributed by atoms with Crippen molar-refractivity contribution in [1.29, 1.82) is 0 Å². The first-order valence-electron chi connectivity index (χ1n) is 13.4. The molecule has 0 aromatic heterocycles. The molecule has 0 spiro atoms. The molecule has 2 heterocycles. The number of likely N-dealkylation sites (tertiary alicyclic amines) is 1. The molecule has 3 aromatic carbocycles. The minimum Gasteiger partial charge on any atom is -0.494 e. The van der Waals surface area contributed by atoms with E-state index in [1.807, 2.05) is 41.3 Å². The predicted octanol–water partition coefficient (Wildman–Crippen LogP) is 5.57. The van der Waals surface area contributed by atoms with Gasteiger partial charge >= 0.3 is 0 Å². The molecular formula is C31H37N3O2. The fourth-order valence-electron chi connectivity index (χ4n) is 5.23. The van der Waals surface area contributed by atoms with Crippen molar-refractivity contribution in [3.8, 4) is 16.9 Å². The fourth-order valence-corrected chi connectivity index (χ4v) is 5.23. The van der Waals surface area contributed by atoms with Crippen LogP contribution in [0.2, 0.25) is 0 Å². The summed E-state index contributed by atoms with van der Waals surface area (Å²) in [5, 5.41) is 0. The summed E-state index contributed by atoms with van der Waals surface area (Å²) in [4.78, 5) is 20.1. The molecular weight excluding hydrogens is 446 g/mol. The highest BCUT2D eigenvalue weighted by molar-refractivity contribution is 5.95. The number of nitrogens with zero attached hydrogens (tertiary/aromatic N) is 3. The first kappa shape index (κ1) is 24.4. The number of benzene rings is 3. The van der Waals surface area contributed by atoms with Gasteiger partial charge in [0, 0.05) is 44.0 Å². The smallest absolute Gasteiger partial charge is 0.253 e. The molecule has 188 valence electrons. The van der Waals surface area contributed by atoms with Crippen molar-refractivity contribution in [3.05, 3.63) is 84.4 Å². The van der Waals surface area contributed by atoms with Crippen LogP contribution in [0.5, 0.6) is 5.75 Å². The molecule has 5 rings (SSSR count). The van der Waals surface area contributed by atoms with E-state index in [0.29, 0.717) is 0 Å². The number of carbonyl (C=O) groups is 1. The molecule has 1 amide bonds. The van der Waals surface area contributed by atoms with Gasteiger partial charge in [0.25, 0.3) is 5.91 Å². The van der Waals surface area contributed by atoms with Gasteiger partial charge in [-0.15, -0.1) is 0 Å². The summed E-state index contributed by atoms with van der Waals surface area (Å²) in [5.41, 5.74) is 4.15. The zero-order valence-electron chi connectivity index (χ0n) is 21.1. The Hall–Kier alpha value is -3.31. The third-order valence-electron chi connectivity index (χ3n) is 7.32. The Labute approximate surface area is 215 Å². The van der Waals surface area contributed by atoms with E-state index in [4.69, 9.17) is 4.74 Å². The maximum absolute atomic E-state index is 13.2. The average Bonchev–Trinajstić information content (AvgIpc) is 2.96. The Kier molecular flexibility index (Phi) is 8.19. The van der Waals surface area contributed by atoms with E-state index in [0.717, 1.165) is 68.2 Å². The Morgan fingerprint density at radius 3 is 2.19 bits per heavy atom. The summed E-state index contributed by atoms with van der Waals surface area (Å²) in [5.74, 6) is 1.05. The zero-order chi connectivity index (χ0) is 24.6. The van der Waals surface area contributed by atoms with Gasteiger partial charge in [-0.05, 0) is 79.9 Å².